The fourth-order valence-electron chi connectivity index (χ4n) is 1.95. The van der Waals surface area contributed by atoms with Crippen LogP contribution in [0.5, 0.6) is 0 Å². The van der Waals surface area contributed by atoms with Crippen molar-refractivity contribution in [1.82, 2.24) is 5.32 Å². The standard InChI is InChI=1S/C15H19NS/c1-4-16-12(3)13-6-8-14(9-7-13)15-10-5-11(2)17-15/h5-10,12,16H,4H2,1-3H3. The second-order valence-corrected chi connectivity index (χ2v) is 5.60. The summed E-state index contributed by atoms with van der Waals surface area (Å²) in [6.07, 6.45) is 0. The minimum Gasteiger partial charge on any atom is -0.310 e. The Hall–Kier alpha value is -1.12. The lowest BCUT2D eigenvalue weighted by Gasteiger charge is -2.12. The Kier molecular flexibility index (Phi) is 3.97. The molecule has 0 aliphatic rings. The van der Waals surface area contributed by atoms with Crippen LogP contribution in [-0.4, -0.2) is 6.54 Å². The van der Waals surface area contributed by atoms with Gasteiger partial charge < -0.3 is 5.32 Å². The van der Waals surface area contributed by atoms with Crippen LogP contribution < -0.4 is 5.32 Å². The molecule has 90 valence electrons. The monoisotopic (exact) mass is 245 g/mol. The van der Waals surface area contributed by atoms with Crippen LogP contribution in [0.25, 0.3) is 10.4 Å². The molecule has 1 unspecified atom stereocenters. The fourth-order valence-corrected chi connectivity index (χ4v) is 2.82. The Morgan fingerprint density at radius 1 is 1.12 bits per heavy atom. The molecule has 0 saturated carbocycles. The second kappa shape index (κ2) is 5.48. The van der Waals surface area contributed by atoms with Gasteiger partial charge in [0.05, 0.1) is 0 Å². The van der Waals surface area contributed by atoms with Crippen LogP contribution >= 0.6 is 11.3 Å². The van der Waals surface area contributed by atoms with Gasteiger partial charge in [0.15, 0.2) is 0 Å². The maximum absolute atomic E-state index is 3.43. The quantitative estimate of drug-likeness (QED) is 0.842. The highest BCUT2D eigenvalue weighted by Crippen LogP contribution is 2.28. The van der Waals surface area contributed by atoms with Gasteiger partial charge in [-0.3, -0.25) is 0 Å². The van der Waals surface area contributed by atoms with Crippen LogP contribution in [0.4, 0.5) is 0 Å². The van der Waals surface area contributed by atoms with E-state index in [0.29, 0.717) is 6.04 Å². The lowest BCUT2D eigenvalue weighted by molar-refractivity contribution is 0.598. The van der Waals surface area contributed by atoms with Gasteiger partial charge in [0.2, 0.25) is 0 Å². The van der Waals surface area contributed by atoms with Crippen LogP contribution in [-0.2, 0) is 0 Å². The van der Waals surface area contributed by atoms with Crippen molar-refractivity contribution in [2.24, 2.45) is 0 Å². The third-order valence-corrected chi connectivity index (χ3v) is 4.00. The number of thiophene rings is 1. The highest BCUT2D eigenvalue weighted by Gasteiger charge is 2.04. The van der Waals surface area contributed by atoms with E-state index in [2.05, 4.69) is 62.5 Å². The van der Waals surface area contributed by atoms with Crippen LogP contribution in [0.1, 0.15) is 30.3 Å². The van der Waals surface area contributed by atoms with Crippen molar-refractivity contribution in [1.29, 1.82) is 0 Å². The Labute approximate surface area is 108 Å². The van der Waals surface area contributed by atoms with Crippen molar-refractivity contribution in [2.45, 2.75) is 26.8 Å². The number of rotatable bonds is 4. The lowest BCUT2D eigenvalue weighted by atomic mass is 10.1. The Morgan fingerprint density at radius 3 is 2.35 bits per heavy atom. The van der Waals surface area contributed by atoms with E-state index in [4.69, 9.17) is 0 Å². The highest BCUT2D eigenvalue weighted by molar-refractivity contribution is 7.15. The van der Waals surface area contributed by atoms with E-state index < -0.39 is 0 Å². The molecule has 2 heteroatoms. The molecule has 2 rings (SSSR count). The normalized spacial score (nSPS) is 12.6. The smallest absolute Gasteiger partial charge is 0.0345 e. The van der Waals surface area contributed by atoms with Gasteiger partial charge in [-0.15, -0.1) is 11.3 Å². The second-order valence-electron chi connectivity index (χ2n) is 4.31. The summed E-state index contributed by atoms with van der Waals surface area (Å²) in [6, 6.07) is 13.7. The van der Waals surface area contributed by atoms with Gasteiger partial charge in [-0.1, -0.05) is 31.2 Å². The molecule has 0 radical (unpaired) electrons. The van der Waals surface area contributed by atoms with E-state index in [-0.39, 0.29) is 0 Å². The first-order valence-corrected chi connectivity index (χ1v) is 6.92. The first-order chi connectivity index (χ1) is 8.20. The van der Waals surface area contributed by atoms with Gasteiger partial charge in [0, 0.05) is 15.8 Å². The molecule has 1 atom stereocenters. The minimum atomic E-state index is 0.430. The van der Waals surface area contributed by atoms with Crippen LogP contribution in [0.15, 0.2) is 36.4 Å². The van der Waals surface area contributed by atoms with Gasteiger partial charge in [-0.25, -0.2) is 0 Å². The van der Waals surface area contributed by atoms with E-state index in [1.54, 1.807) is 0 Å². The number of hydrogen-bond donors (Lipinski definition) is 1. The topological polar surface area (TPSA) is 12.0 Å². The van der Waals surface area contributed by atoms with Gasteiger partial charge >= 0.3 is 0 Å². The molecular weight excluding hydrogens is 226 g/mol. The summed E-state index contributed by atoms with van der Waals surface area (Å²) in [5.41, 5.74) is 2.67. The molecule has 0 bridgehead atoms. The summed E-state index contributed by atoms with van der Waals surface area (Å²) < 4.78 is 0. The van der Waals surface area contributed by atoms with E-state index >= 15 is 0 Å². The molecule has 0 fully saturated rings. The molecule has 2 aromatic rings. The van der Waals surface area contributed by atoms with Crippen molar-refractivity contribution in [2.75, 3.05) is 6.54 Å². The Morgan fingerprint density at radius 2 is 1.82 bits per heavy atom. The largest absolute Gasteiger partial charge is 0.310 e. The summed E-state index contributed by atoms with van der Waals surface area (Å²) >= 11 is 1.85. The number of benzene rings is 1. The van der Waals surface area contributed by atoms with Gasteiger partial charge in [-0.05, 0) is 43.7 Å². The molecule has 0 aliphatic heterocycles. The van der Waals surface area contributed by atoms with E-state index in [1.165, 1.54) is 20.9 Å². The summed E-state index contributed by atoms with van der Waals surface area (Å²) in [6.45, 7) is 7.50. The molecule has 1 N–H and O–H groups in total. The predicted molar refractivity (Wildman–Crippen MR) is 76.6 cm³/mol. The highest BCUT2D eigenvalue weighted by atomic mass is 32.1. The van der Waals surface area contributed by atoms with Crippen LogP contribution in [0.2, 0.25) is 0 Å². The average molecular weight is 245 g/mol. The van der Waals surface area contributed by atoms with Gasteiger partial charge in [0.1, 0.15) is 0 Å². The molecule has 1 aromatic carbocycles. The van der Waals surface area contributed by atoms with E-state index in [1.807, 2.05) is 11.3 Å². The van der Waals surface area contributed by atoms with Crippen molar-refractivity contribution < 1.29 is 0 Å². The number of nitrogens with one attached hydrogen (secondary N) is 1. The molecule has 0 saturated heterocycles. The maximum atomic E-state index is 3.43. The molecule has 1 aromatic heterocycles. The third kappa shape index (κ3) is 2.96. The number of aryl methyl sites for hydroxylation is 1. The van der Waals surface area contributed by atoms with E-state index in [0.717, 1.165) is 6.54 Å². The molecule has 0 aliphatic carbocycles. The van der Waals surface area contributed by atoms with Crippen molar-refractivity contribution in [3.63, 3.8) is 0 Å². The summed E-state index contributed by atoms with van der Waals surface area (Å²) in [4.78, 5) is 2.72. The zero-order valence-corrected chi connectivity index (χ0v) is 11.5. The molecule has 17 heavy (non-hydrogen) atoms. The fraction of sp³-hybridized carbons (Fsp3) is 0.333. The van der Waals surface area contributed by atoms with Crippen LogP contribution in [0, 0.1) is 6.92 Å². The van der Waals surface area contributed by atoms with Crippen molar-refractivity contribution >= 4 is 11.3 Å². The Bertz CT molecular complexity index is 470. The average Bonchev–Trinajstić information content (AvgIpc) is 2.76. The maximum Gasteiger partial charge on any atom is 0.0345 e. The minimum absolute atomic E-state index is 0.430. The molecular formula is C15H19NS. The predicted octanol–water partition coefficient (Wildman–Crippen LogP) is 4.39. The zero-order chi connectivity index (χ0) is 12.3. The number of hydrogen-bond acceptors (Lipinski definition) is 2. The van der Waals surface area contributed by atoms with Gasteiger partial charge in [0.25, 0.3) is 0 Å². The SMILES string of the molecule is CCNC(C)c1ccc(-c2ccc(C)s2)cc1. The van der Waals surface area contributed by atoms with Crippen molar-refractivity contribution in [3.05, 3.63) is 46.8 Å². The summed E-state index contributed by atoms with van der Waals surface area (Å²) in [5, 5.41) is 3.43. The van der Waals surface area contributed by atoms with Crippen molar-refractivity contribution in [3.8, 4) is 10.4 Å². The summed E-state index contributed by atoms with van der Waals surface area (Å²) in [5.74, 6) is 0. The molecule has 0 spiro atoms. The molecule has 1 heterocycles. The van der Waals surface area contributed by atoms with Gasteiger partial charge in [-0.2, -0.15) is 0 Å². The molecule has 0 amide bonds. The van der Waals surface area contributed by atoms with E-state index in [9.17, 15) is 0 Å². The third-order valence-electron chi connectivity index (χ3n) is 2.95. The Balaban J connectivity index is 2.18. The summed E-state index contributed by atoms with van der Waals surface area (Å²) in [7, 11) is 0. The zero-order valence-electron chi connectivity index (χ0n) is 10.7. The molecule has 1 nitrogen and oxygen atoms in total. The first kappa shape index (κ1) is 12.3. The lowest BCUT2D eigenvalue weighted by Crippen LogP contribution is -2.17. The van der Waals surface area contributed by atoms with Crippen LogP contribution in [0.3, 0.4) is 0 Å². The first-order valence-electron chi connectivity index (χ1n) is 6.11.